The second kappa shape index (κ2) is 8.97. The SMILES string of the molecule is CC(C)(CC(=O)NCC(O)c1ccccc1Cl)CC(=O)c1ccccc1. The zero-order valence-electron chi connectivity index (χ0n) is 15.0. The van der Waals surface area contributed by atoms with Gasteiger partial charge in [0.15, 0.2) is 5.78 Å². The first-order valence-corrected chi connectivity index (χ1v) is 8.94. The van der Waals surface area contributed by atoms with Crippen LogP contribution in [0.25, 0.3) is 0 Å². The fraction of sp³-hybridized carbons (Fsp3) is 0.333. The first-order chi connectivity index (χ1) is 12.3. The monoisotopic (exact) mass is 373 g/mol. The van der Waals surface area contributed by atoms with Crippen LogP contribution in [0, 0.1) is 5.41 Å². The molecule has 0 aliphatic rings. The van der Waals surface area contributed by atoms with Crippen molar-refractivity contribution in [2.45, 2.75) is 32.8 Å². The van der Waals surface area contributed by atoms with E-state index in [0.29, 0.717) is 16.1 Å². The van der Waals surface area contributed by atoms with E-state index in [9.17, 15) is 14.7 Å². The van der Waals surface area contributed by atoms with Gasteiger partial charge in [0, 0.05) is 35.5 Å². The van der Waals surface area contributed by atoms with E-state index in [2.05, 4.69) is 5.32 Å². The lowest BCUT2D eigenvalue weighted by Crippen LogP contribution is -2.33. The maximum atomic E-state index is 12.3. The maximum absolute atomic E-state index is 12.3. The summed E-state index contributed by atoms with van der Waals surface area (Å²) in [6, 6.07) is 16.0. The molecule has 0 saturated carbocycles. The number of benzene rings is 2. The highest BCUT2D eigenvalue weighted by Gasteiger charge is 2.26. The van der Waals surface area contributed by atoms with Crippen LogP contribution in [0.3, 0.4) is 0 Å². The molecular weight excluding hydrogens is 350 g/mol. The van der Waals surface area contributed by atoms with Gasteiger partial charge in [-0.15, -0.1) is 0 Å². The molecule has 0 heterocycles. The lowest BCUT2D eigenvalue weighted by atomic mass is 9.82. The van der Waals surface area contributed by atoms with Crippen LogP contribution in [0.5, 0.6) is 0 Å². The number of carbonyl (C=O) groups is 2. The topological polar surface area (TPSA) is 66.4 Å². The Morgan fingerprint density at radius 1 is 1.04 bits per heavy atom. The number of halogens is 1. The summed E-state index contributed by atoms with van der Waals surface area (Å²) in [6.07, 6.45) is -0.403. The van der Waals surface area contributed by atoms with Crippen LogP contribution >= 0.6 is 11.6 Å². The van der Waals surface area contributed by atoms with E-state index in [-0.39, 0.29) is 31.1 Å². The molecule has 0 saturated heterocycles. The quantitative estimate of drug-likeness (QED) is 0.682. The van der Waals surface area contributed by atoms with Crippen LogP contribution in [-0.2, 0) is 4.79 Å². The minimum atomic E-state index is -0.873. The minimum Gasteiger partial charge on any atom is -0.387 e. The number of aliphatic hydroxyl groups excluding tert-OH is 1. The highest BCUT2D eigenvalue weighted by atomic mass is 35.5. The summed E-state index contributed by atoms with van der Waals surface area (Å²) >= 11 is 6.05. The van der Waals surface area contributed by atoms with Gasteiger partial charge >= 0.3 is 0 Å². The van der Waals surface area contributed by atoms with E-state index < -0.39 is 11.5 Å². The van der Waals surface area contributed by atoms with Crippen LogP contribution < -0.4 is 5.32 Å². The van der Waals surface area contributed by atoms with Crippen LogP contribution in [0.4, 0.5) is 0 Å². The fourth-order valence-electron chi connectivity index (χ4n) is 2.79. The van der Waals surface area contributed by atoms with Gasteiger partial charge in [0.25, 0.3) is 0 Å². The molecule has 0 aliphatic carbocycles. The van der Waals surface area contributed by atoms with Gasteiger partial charge in [0.05, 0.1) is 6.10 Å². The molecule has 0 spiro atoms. The van der Waals surface area contributed by atoms with Crippen molar-refractivity contribution in [3.63, 3.8) is 0 Å². The Morgan fingerprint density at radius 2 is 1.65 bits per heavy atom. The molecule has 0 radical (unpaired) electrons. The van der Waals surface area contributed by atoms with Crippen molar-refractivity contribution in [3.8, 4) is 0 Å². The molecule has 0 aromatic heterocycles. The van der Waals surface area contributed by atoms with E-state index in [1.165, 1.54) is 0 Å². The molecule has 4 nitrogen and oxygen atoms in total. The molecule has 1 unspecified atom stereocenters. The Kier molecular flexibility index (Phi) is 6.95. The van der Waals surface area contributed by atoms with Crippen molar-refractivity contribution >= 4 is 23.3 Å². The highest BCUT2D eigenvalue weighted by Crippen LogP contribution is 2.27. The number of rotatable bonds is 8. The summed E-state index contributed by atoms with van der Waals surface area (Å²) in [4.78, 5) is 24.6. The minimum absolute atomic E-state index is 0.0134. The van der Waals surface area contributed by atoms with Crippen molar-refractivity contribution in [2.75, 3.05) is 6.54 Å². The molecule has 2 rings (SSSR count). The fourth-order valence-corrected chi connectivity index (χ4v) is 3.05. The third-order valence-corrected chi connectivity index (χ3v) is 4.47. The first-order valence-electron chi connectivity index (χ1n) is 8.56. The third kappa shape index (κ3) is 5.97. The van der Waals surface area contributed by atoms with Crippen molar-refractivity contribution in [1.29, 1.82) is 0 Å². The van der Waals surface area contributed by atoms with Gasteiger partial charge < -0.3 is 10.4 Å². The standard InChI is InChI=1S/C21H24ClNO3/c1-21(2,12-18(24)15-8-4-3-5-9-15)13-20(26)23-14-19(25)16-10-6-7-11-17(16)22/h3-11,19,25H,12-14H2,1-2H3,(H,23,26). The molecular formula is C21H24ClNO3. The predicted octanol–water partition coefficient (Wildman–Crippen LogP) is 4.18. The zero-order chi connectivity index (χ0) is 19.2. The normalized spacial score (nSPS) is 12.5. The number of Topliss-reactive ketones (excluding diaryl/α,β-unsaturated/α-hetero) is 1. The van der Waals surface area contributed by atoms with E-state index in [1.54, 1.807) is 36.4 Å². The number of aliphatic hydroxyl groups is 1. The van der Waals surface area contributed by atoms with Crippen molar-refractivity contribution in [2.24, 2.45) is 5.41 Å². The molecule has 1 atom stereocenters. The number of hydrogen-bond acceptors (Lipinski definition) is 3. The first kappa shape index (κ1) is 20.1. The summed E-state index contributed by atoms with van der Waals surface area (Å²) in [6.45, 7) is 3.85. The van der Waals surface area contributed by atoms with E-state index >= 15 is 0 Å². The second-order valence-corrected chi connectivity index (χ2v) is 7.56. The Bertz CT molecular complexity index is 759. The van der Waals surface area contributed by atoms with Gasteiger partial charge in [-0.1, -0.05) is 74.0 Å². The van der Waals surface area contributed by atoms with Crippen molar-refractivity contribution in [1.82, 2.24) is 5.32 Å². The van der Waals surface area contributed by atoms with Gasteiger partial charge in [-0.2, -0.15) is 0 Å². The van der Waals surface area contributed by atoms with Crippen LogP contribution in [0.1, 0.15) is 48.7 Å². The molecule has 2 aromatic carbocycles. The van der Waals surface area contributed by atoms with Crippen molar-refractivity contribution < 1.29 is 14.7 Å². The molecule has 138 valence electrons. The molecule has 0 fully saturated rings. The van der Waals surface area contributed by atoms with Crippen LogP contribution in [0.2, 0.25) is 5.02 Å². The Labute approximate surface area is 159 Å². The zero-order valence-corrected chi connectivity index (χ0v) is 15.8. The lowest BCUT2D eigenvalue weighted by molar-refractivity contribution is -0.123. The summed E-state index contributed by atoms with van der Waals surface area (Å²) in [7, 11) is 0. The van der Waals surface area contributed by atoms with Crippen LogP contribution in [-0.4, -0.2) is 23.3 Å². The Hall–Kier alpha value is -2.17. The van der Waals surface area contributed by atoms with E-state index in [4.69, 9.17) is 11.6 Å². The summed E-state index contributed by atoms with van der Waals surface area (Å²) in [5.41, 5.74) is 0.745. The highest BCUT2D eigenvalue weighted by molar-refractivity contribution is 6.31. The van der Waals surface area contributed by atoms with Gasteiger partial charge in [-0.25, -0.2) is 0 Å². The molecule has 0 bridgehead atoms. The second-order valence-electron chi connectivity index (χ2n) is 7.15. The van der Waals surface area contributed by atoms with Gasteiger partial charge in [0.2, 0.25) is 5.91 Å². The Balaban J connectivity index is 1.86. The number of nitrogens with one attached hydrogen (secondary N) is 1. The number of ketones is 1. The predicted molar refractivity (Wildman–Crippen MR) is 103 cm³/mol. The molecule has 1 amide bonds. The molecule has 5 heteroatoms. The average molecular weight is 374 g/mol. The number of hydrogen-bond donors (Lipinski definition) is 2. The smallest absolute Gasteiger partial charge is 0.220 e. The van der Waals surface area contributed by atoms with E-state index in [0.717, 1.165) is 0 Å². The largest absolute Gasteiger partial charge is 0.387 e. The molecule has 0 aliphatic heterocycles. The third-order valence-electron chi connectivity index (χ3n) is 4.13. The lowest BCUT2D eigenvalue weighted by Gasteiger charge is -2.23. The van der Waals surface area contributed by atoms with Gasteiger partial charge in [-0.05, 0) is 11.5 Å². The molecule has 26 heavy (non-hydrogen) atoms. The molecule has 2 N–H and O–H groups in total. The van der Waals surface area contributed by atoms with E-state index in [1.807, 2.05) is 32.0 Å². The van der Waals surface area contributed by atoms with Gasteiger partial charge in [-0.3, -0.25) is 9.59 Å². The Morgan fingerprint density at radius 3 is 2.31 bits per heavy atom. The summed E-state index contributed by atoms with van der Waals surface area (Å²) < 4.78 is 0. The number of carbonyl (C=O) groups excluding carboxylic acids is 2. The summed E-state index contributed by atoms with van der Waals surface area (Å²) in [5, 5.41) is 13.4. The maximum Gasteiger partial charge on any atom is 0.220 e. The average Bonchev–Trinajstić information content (AvgIpc) is 2.60. The summed E-state index contributed by atoms with van der Waals surface area (Å²) in [5.74, 6) is -0.193. The van der Waals surface area contributed by atoms with Gasteiger partial charge in [0.1, 0.15) is 0 Å². The van der Waals surface area contributed by atoms with Crippen LogP contribution in [0.15, 0.2) is 54.6 Å². The number of amides is 1. The van der Waals surface area contributed by atoms with Crippen molar-refractivity contribution in [3.05, 3.63) is 70.7 Å². The molecule has 2 aromatic rings.